The van der Waals surface area contributed by atoms with Crippen molar-refractivity contribution in [2.75, 3.05) is 38.0 Å². The van der Waals surface area contributed by atoms with Crippen molar-refractivity contribution in [3.8, 4) is 0 Å². The van der Waals surface area contributed by atoms with Crippen LogP contribution in [0.2, 0.25) is 0 Å². The number of aromatic nitrogens is 4. The van der Waals surface area contributed by atoms with E-state index in [1.165, 1.54) is 10.4 Å². The number of hydrogen-bond donors (Lipinski definition) is 1. The molecule has 2 aromatic heterocycles. The number of nitrogens with one attached hydrogen (secondary N) is 1. The zero-order valence-electron chi connectivity index (χ0n) is 18.5. The summed E-state index contributed by atoms with van der Waals surface area (Å²) < 4.78 is 4.23. The zero-order valence-corrected chi connectivity index (χ0v) is 20.2. The van der Waals surface area contributed by atoms with Crippen LogP contribution >= 0.6 is 23.6 Å². The normalized spacial score (nSPS) is 15.2. The van der Waals surface area contributed by atoms with Crippen LogP contribution in [0.15, 0.2) is 35.7 Å². The predicted molar refractivity (Wildman–Crippen MR) is 129 cm³/mol. The van der Waals surface area contributed by atoms with E-state index in [1.54, 1.807) is 20.7 Å². The summed E-state index contributed by atoms with van der Waals surface area (Å²) >= 11 is 7.31. The number of piperazine rings is 1. The number of benzene rings is 1. The summed E-state index contributed by atoms with van der Waals surface area (Å²) in [5.41, 5.74) is 3.19. The fourth-order valence-electron chi connectivity index (χ4n) is 3.76. The molecule has 1 saturated heterocycles. The molecule has 1 aliphatic rings. The van der Waals surface area contributed by atoms with Crippen molar-refractivity contribution >= 4 is 35.1 Å². The molecule has 0 aliphatic carbocycles. The third-order valence-electron chi connectivity index (χ3n) is 5.89. The van der Waals surface area contributed by atoms with Gasteiger partial charge in [-0.3, -0.25) is 14.6 Å². The minimum absolute atomic E-state index is 0.0306. The van der Waals surface area contributed by atoms with E-state index in [0.29, 0.717) is 18.0 Å². The molecule has 0 bridgehead atoms. The Bertz CT molecular complexity index is 1100. The highest BCUT2D eigenvalue weighted by Crippen LogP contribution is 2.18. The molecule has 3 heterocycles. The summed E-state index contributed by atoms with van der Waals surface area (Å²) in [6.07, 6.45) is 0.910. The van der Waals surface area contributed by atoms with Crippen molar-refractivity contribution in [1.29, 1.82) is 0 Å². The first-order valence-electron chi connectivity index (χ1n) is 10.8. The summed E-state index contributed by atoms with van der Waals surface area (Å²) in [7, 11) is 0. The van der Waals surface area contributed by atoms with Crippen LogP contribution in [0.4, 0.5) is 5.69 Å². The highest BCUT2D eigenvalue weighted by molar-refractivity contribution is 7.71. The lowest BCUT2D eigenvalue weighted by atomic mass is 10.1. The quantitative estimate of drug-likeness (QED) is 0.510. The largest absolute Gasteiger partial charge is 0.325 e. The van der Waals surface area contributed by atoms with Crippen LogP contribution in [0.25, 0.3) is 0 Å². The Morgan fingerprint density at radius 3 is 2.56 bits per heavy atom. The Hall–Kier alpha value is -2.40. The molecular weight excluding hydrogens is 442 g/mol. The summed E-state index contributed by atoms with van der Waals surface area (Å²) in [6, 6.07) is 10.2. The molecule has 32 heavy (non-hydrogen) atoms. The van der Waals surface area contributed by atoms with Crippen molar-refractivity contribution in [3.63, 3.8) is 0 Å². The Morgan fingerprint density at radius 2 is 1.81 bits per heavy atom. The van der Waals surface area contributed by atoms with Crippen molar-refractivity contribution in [2.45, 2.75) is 33.5 Å². The van der Waals surface area contributed by atoms with Gasteiger partial charge in [-0.15, -0.1) is 11.3 Å². The smallest absolute Gasteiger partial charge is 0.238 e. The van der Waals surface area contributed by atoms with Crippen LogP contribution in [-0.4, -0.2) is 68.2 Å². The summed E-state index contributed by atoms with van der Waals surface area (Å²) in [4.78, 5) is 18.3. The van der Waals surface area contributed by atoms with Gasteiger partial charge < -0.3 is 5.32 Å². The standard InChI is InChI=1S/C22H29N7OS2/c1-17-5-3-7-20(18(17)2)23-21(30)15-26-10-12-27(13-11-26)16-29-22(31)28(24-25-29)9-8-19-6-4-14-32-19/h3-7,14H,8-13,15-16H2,1-2H3,(H,23,30). The molecule has 1 fully saturated rings. The molecule has 8 nitrogen and oxygen atoms in total. The Morgan fingerprint density at radius 1 is 1.06 bits per heavy atom. The van der Waals surface area contributed by atoms with Gasteiger partial charge in [0.15, 0.2) is 0 Å². The molecule has 1 amide bonds. The van der Waals surface area contributed by atoms with Crippen molar-refractivity contribution < 1.29 is 4.79 Å². The first kappa shape index (κ1) is 22.8. The third-order valence-corrected chi connectivity index (χ3v) is 7.25. The molecule has 0 unspecified atom stereocenters. The monoisotopic (exact) mass is 471 g/mol. The Balaban J connectivity index is 1.23. The van der Waals surface area contributed by atoms with E-state index in [-0.39, 0.29) is 5.91 Å². The highest BCUT2D eigenvalue weighted by Gasteiger charge is 2.20. The van der Waals surface area contributed by atoms with Crippen LogP contribution in [0.1, 0.15) is 16.0 Å². The van der Waals surface area contributed by atoms with Gasteiger partial charge in [-0.2, -0.15) is 0 Å². The van der Waals surface area contributed by atoms with Gasteiger partial charge >= 0.3 is 0 Å². The van der Waals surface area contributed by atoms with Gasteiger partial charge in [0.1, 0.15) is 0 Å². The minimum Gasteiger partial charge on any atom is -0.325 e. The molecule has 1 aromatic carbocycles. The minimum atomic E-state index is 0.0306. The van der Waals surface area contributed by atoms with Gasteiger partial charge in [-0.25, -0.2) is 9.36 Å². The van der Waals surface area contributed by atoms with Gasteiger partial charge in [0.25, 0.3) is 0 Å². The molecule has 10 heteroatoms. The number of hydrogen-bond acceptors (Lipinski definition) is 7. The van der Waals surface area contributed by atoms with Crippen LogP contribution < -0.4 is 5.32 Å². The van der Waals surface area contributed by atoms with Crippen molar-refractivity contribution in [3.05, 3.63) is 56.5 Å². The number of anilines is 1. The lowest BCUT2D eigenvalue weighted by molar-refractivity contribution is -0.117. The highest BCUT2D eigenvalue weighted by atomic mass is 32.1. The Kier molecular flexibility index (Phi) is 7.46. The van der Waals surface area contributed by atoms with E-state index >= 15 is 0 Å². The molecule has 0 saturated carbocycles. The van der Waals surface area contributed by atoms with Crippen molar-refractivity contribution in [2.24, 2.45) is 0 Å². The molecule has 1 aliphatic heterocycles. The maximum absolute atomic E-state index is 12.5. The number of amides is 1. The molecule has 170 valence electrons. The van der Waals surface area contributed by atoms with E-state index in [2.05, 4.69) is 56.0 Å². The SMILES string of the molecule is Cc1cccc(NC(=O)CN2CCN(Cn3nnn(CCc4cccs4)c3=S)CC2)c1C. The van der Waals surface area contributed by atoms with Gasteiger partial charge in [0, 0.05) is 43.2 Å². The fourth-order valence-corrected chi connectivity index (χ4v) is 4.68. The second kappa shape index (κ2) is 10.5. The number of tetrazole rings is 1. The van der Waals surface area contributed by atoms with E-state index in [1.807, 2.05) is 19.1 Å². The number of thiophene rings is 1. The van der Waals surface area contributed by atoms with Crippen molar-refractivity contribution in [1.82, 2.24) is 29.6 Å². The van der Waals surface area contributed by atoms with Gasteiger partial charge in [0.2, 0.25) is 10.7 Å². The van der Waals surface area contributed by atoms with Gasteiger partial charge in [-0.05, 0) is 65.1 Å². The van der Waals surface area contributed by atoms with E-state index in [4.69, 9.17) is 12.2 Å². The third kappa shape index (κ3) is 5.69. The first-order chi connectivity index (χ1) is 15.5. The van der Waals surface area contributed by atoms with E-state index in [0.717, 1.165) is 50.4 Å². The Labute approximate surface area is 197 Å². The molecule has 3 aromatic rings. The number of aryl methyl sites for hydroxylation is 3. The van der Waals surface area contributed by atoms with E-state index < -0.39 is 0 Å². The van der Waals surface area contributed by atoms with Gasteiger partial charge in [0.05, 0.1) is 19.8 Å². The maximum atomic E-state index is 12.5. The summed E-state index contributed by atoms with van der Waals surface area (Å²) in [5.74, 6) is 0.0306. The van der Waals surface area contributed by atoms with Crippen LogP contribution in [0.3, 0.4) is 0 Å². The fraction of sp³-hybridized carbons (Fsp3) is 0.455. The van der Waals surface area contributed by atoms with E-state index in [9.17, 15) is 4.79 Å². The lowest BCUT2D eigenvalue weighted by Crippen LogP contribution is -2.49. The maximum Gasteiger partial charge on any atom is 0.238 e. The number of nitrogens with zero attached hydrogens (tertiary/aromatic N) is 6. The topological polar surface area (TPSA) is 71.2 Å². The first-order valence-corrected chi connectivity index (χ1v) is 12.1. The van der Waals surface area contributed by atoms with Gasteiger partial charge in [-0.1, -0.05) is 18.2 Å². The molecule has 4 rings (SSSR count). The second-order valence-electron chi connectivity index (χ2n) is 8.14. The molecular formula is C22H29N7OS2. The van der Waals surface area contributed by atoms with Crippen LogP contribution in [-0.2, 0) is 24.4 Å². The molecule has 0 atom stereocenters. The summed E-state index contributed by atoms with van der Waals surface area (Å²) in [6.45, 7) is 9.25. The second-order valence-corrected chi connectivity index (χ2v) is 9.54. The number of rotatable bonds is 8. The molecule has 0 radical (unpaired) electrons. The molecule has 1 N–H and O–H groups in total. The predicted octanol–water partition coefficient (Wildman–Crippen LogP) is 2.94. The number of carbonyl (C=O) groups excluding carboxylic acids is 1. The average molecular weight is 472 g/mol. The number of carbonyl (C=O) groups is 1. The zero-order chi connectivity index (χ0) is 22.5. The molecule has 0 spiro atoms. The van der Waals surface area contributed by atoms with Crippen LogP contribution in [0, 0.1) is 18.6 Å². The average Bonchev–Trinajstić information content (AvgIpc) is 3.42. The summed E-state index contributed by atoms with van der Waals surface area (Å²) in [5, 5.41) is 13.6. The lowest BCUT2D eigenvalue weighted by Gasteiger charge is -2.33. The van der Waals surface area contributed by atoms with Crippen LogP contribution in [0.5, 0.6) is 0 Å².